The normalized spacial score (nSPS) is 20.7. The SMILES string of the molecule is CCC1CN(C(C#N)c2ccc(OC)c(OC)c2)CCN1CC. The molecule has 0 radical (unpaired) electrons. The van der Waals surface area contributed by atoms with E-state index < -0.39 is 0 Å². The van der Waals surface area contributed by atoms with E-state index in [1.54, 1.807) is 14.2 Å². The molecule has 0 saturated carbocycles. The molecule has 126 valence electrons. The molecule has 0 aromatic heterocycles. The van der Waals surface area contributed by atoms with Crippen LogP contribution >= 0.6 is 0 Å². The first-order valence-electron chi connectivity index (χ1n) is 8.28. The fraction of sp³-hybridized carbons (Fsp3) is 0.611. The number of hydrogen-bond acceptors (Lipinski definition) is 5. The fourth-order valence-corrected chi connectivity index (χ4v) is 3.34. The minimum absolute atomic E-state index is 0.247. The lowest BCUT2D eigenvalue weighted by molar-refractivity contribution is 0.0623. The van der Waals surface area contributed by atoms with E-state index in [0.717, 1.165) is 38.2 Å². The largest absolute Gasteiger partial charge is 0.493 e. The average molecular weight is 317 g/mol. The minimum atomic E-state index is -0.247. The van der Waals surface area contributed by atoms with Gasteiger partial charge in [-0.1, -0.05) is 19.9 Å². The molecule has 2 atom stereocenters. The monoisotopic (exact) mass is 317 g/mol. The number of hydrogen-bond donors (Lipinski definition) is 0. The third kappa shape index (κ3) is 3.77. The summed E-state index contributed by atoms with van der Waals surface area (Å²) in [6.07, 6.45) is 1.11. The van der Waals surface area contributed by atoms with Crippen molar-refractivity contribution in [1.82, 2.24) is 9.80 Å². The summed E-state index contributed by atoms with van der Waals surface area (Å²) < 4.78 is 10.7. The van der Waals surface area contributed by atoms with Crippen molar-refractivity contribution < 1.29 is 9.47 Å². The van der Waals surface area contributed by atoms with Gasteiger partial charge in [-0.05, 0) is 30.7 Å². The van der Waals surface area contributed by atoms with Gasteiger partial charge in [-0.3, -0.25) is 9.80 Å². The van der Waals surface area contributed by atoms with E-state index in [2.05, 4.69) is 29.7 Å². The van der Waals surface area contributed by atoms with Crippen LogP contribution in [0.25, 0.3) is 0 Å². The number of methoxy groups -OCH3 is 2. The molecule has 1 aliphatic rings. The molecule has 1 aromatic carbocycles. The third-order valence-corrected chi connectivity index (χ3v) is 4.72. The van der Waals surface area contributed by atoms with Crippen molar-refractivity contribution in [3.63, 3.8) is 0 Å². The first-order valence-corrected chi connectivity index (χ1v) is 8.28. The van der Waals surface area contributed by atoms with Gasteiger partial charge in [-0.25, -0.2) is 0 Å². The van der Waals surface area contributed by atoms with Gasteiger partial charge in [0, 0.05) is 25.7 Å². The summed E-state index contributed by atoms with van der Waals surface area (Å²) >= 11 is 0. The van der Waals surface area contributed by atoms with Crippen LogP contribution in [-0.4, -0.2) is 56.2 Å². The molecule has 23 heavy (non-hydrogen) atoms. The maximum atomic E-state index is 9.73. The zero-order chi connectivity index (χ0) is 16.8. The summed E-state index contributed by atoms with van der Waals surface area (Å²) in [6, 6.07) is 8.49. The molecule has 1 aliphatic heterocycles. The lowest BCUT2D eigenvalue weighted by Gasteiger charge is -2.42. The van der Waals surface area contributed by atoms with Gasteiger partial charge in [0.2, 0.25) is 0 Å². The Kier molecular flexibility index (Phi) is 6.26. The number of nitrogens with zero attached hydrogens (tertiary/aromatic N) is 3. The Hall–Kier alpha value is -1.77. The molecule has 1 saturated heterocycles. The summed E-state index contributed by atoms with van der Waals surface area (Å²) in [6.45, 7) is 8.34. The lowest BCUT2D eigenvalue weighted by atomic mass is 10.0. The highest BCUT2D eigenvalue weighted by Crippen LogP contribution is 2.32. The van der Waals surface area contributed by atoms with Crippen LogP contribution in [0.2, 0.25) is 0 Å². The summed E-state index contributed by atoms with van der Waals surface area (Å²) in [4.78, 5) is 4.78. The van der Waals surface area contributed by atoms with Crippen LogP contribution in [0.4, 0.5) is 0 Å². The molecular weight excluding hydrogens is 290 g/mol. The van der Waals surface area contributed by atoms with Crippen molar-refractivity contribution in [2.24, 2.45) is 0 Å². The van der Waals surface area contributed by atoms with Crippen LogP contribution in [0.1, 0.15) is 31.9 Å². The number of benzene rings is 1. The van der Waals surface area contributed by atoms with E-state index in [9.17, 15) is 5.26 Å². The van der Waals surface area contributed by atoms with Gasteiger partial charge >= 0.3 is 0 Å². The molecule has 0 aliphatic carbocycles. The summed E-state index contributed by atoms with van der Waals surface area (Å²) in [5, 5.41) is 9.73. The van der Waals surface area contributed by atoms with Crippen molar-refractivity contribution in [3.8, 4) is 17.6 Å². The molecule has 1 heterocycles. The molecular formula is C18H27N3O2. The van der Waals surface area contributed by atoms with Crippen molar-refractivity contribution in [1.29, 1.82) is 5.26 Å². The highest BCUT2D eigenvalue weighted by Gasteiger charge is 2.30. The van der Waals surface area contributed by atoms with E-state index in [0.29, 0.717) is 17.5 Å². The molecule has 5 nitrogen and oxygen atoms in total. The Morgan fingerprint density at radius 1 is 1.22 bits per heavy atom. The van der Waals surface area contributed by atoms with E-state index in [-0.39, 0.29) is 6.04 Å². The second-order valence-corrected chi connectivity index (χ2v) is 5.83. The maximum absolute atomic E-state index is 9.73. The Bertz CT molecular complexity index is 556. The predicted octanol–water partition coefficient (Wildman–Crippen LogP) is 2.68. The van der Waals surface area contributed by atoms with Crippen LogP contribution in [0.3, 0.4) is 0 Å². The van der Waals surface area contributed by atoms with Crippen LogP contribution in [0.15, 0.2) is 18.2 Å². The summed E-state index contributed by atoms with van der Waals surface area (Å²) in [5.74, 6) is 1.36. The van der Waals surface area contributed by atoms with E-state index in [1.165, 1.54) is 0 Å². The van der Waals surface area contributed by atoms with Gasteiger partial charge in [0.15, 0.2) is 11.5 Å². The van der Waals surface area contributed by atoms with Crippen LogP contribution in [-0.2, 0) is 0 Å². The number of likely N-dealkylation sites (N-methyl/N-ethyl adjacent to an activating group) is 1. The standard InChI is InChI=1S/C18H27N3O2/c1-5-15-13-21(10-9-20(15)6-2)16(12-19)14-7-8-17(22-3)18(11-14)23-4/h7-8,11,15-16H,5-6,9-10,13H2,1-4H3. The summed E-state index contributed by atoms with van der Waals surface area (Å²) in [5.41, 5.74) is 0.963. The molecule has 2 unspecified atom stereocenters. The van der Waals surface area contributed by atoms with Gasteiger partial charge in [0.25, 0.3) is 0 Å². The third-order valence-electron chi connectivity index (χ3n) is 4.72. The zero-order valence-electron chi connectivity index (χ0n) is 14.6. The smallest absolute Gasteiger partial charge is 0.161 e. The maximum Gasteiger partial charge on any atom is 0.161 e. The van der Waals surface area contributed by atoms with E-state index >= 15 is 0 Å². The Balaban J connectivity index is 2.22. The molecule has 5 heteroatoms. The summed E-state index contributed by atoms with van der Waals surface area (Å²) in [7, 11) is 3.24. The molecule has 1 aromatic rings. The van der Waals surface area contributed by atoms with Gasteiger partial charge in [-0.15, -0.1) is 0 Å². The van der Waals surface area contributed by atoms with Crippen molar-refractivity contribution in [3.05, 3.63) is 23.8 Å². The molecule has 1 fully saturated rings. The van der Waals surface area contributed by atoms with Crippen LogP contribution in [0.5, 0.6) is 11.5 Å². The average Bonchev–Trinajstić information content (AvgIpc) is 2.61. The fourth-order valence-electron chi connectivity index (χ4n) is 3.34. The van der Waals surface area contributed by atoms with Gasteiger partial charge in [0.05, 0.1) is 20.3 Å². The molecule has 0 amide bonds. The van der Waals surface area contributed by atoms with Gasteiger partial charge in [-0.2, -0.15) is 5.26 Å². The Morgan fingerprint density at radius 2 is 1.96 bits per heavy atom. The van der Waals surface area contributed by atoms with Gasteiger partial charge in [0.1, 0.15) is 6.04 Å². The van der Waals surface area contributed by atoms with E-state index in [1.807, 2.05) is 18.2 Å². The highest BCUT2D eigenvalue weighted by atomic mass is 16.5. The van der Waals surface area contributed by atoms with Crippen molar-refractivity contribution in [2.45, 2.75) is 32.4 Å². The first kappa shape index (κ1) is 17.6. The number of nitriles is 1. The van der Waals surface area contributed by atoms with Crippen LogP contribution in [0, 0.1) is 11.3 Å². The molecule has 2 rings (SSSR count). The minimum Gasteiger partial charge on any atom is -0.493 e. The second-order valence-electron chi connectivity index (χ2n) is 5.83. The van der Waals surface area contributed by atoms with Crippen molar-refractivity contribution in [2.75, 3.05) is 40.4 Å². The van der Waals surface area contributed by atoms with Crippen LogP contribution < -0.4 is 9.47 Å². The molecule has 0 spiro atoms. The molecule has 0 bridgehead atoms. The number of piperazine rings is 1. The Labute approximate surface area is 139 Å². The highest BCUT2D eigenvalue weighted by molar-refractivity contribution is 5.44. The molecule has 0 N–H and O–H groups in total. The second kappa shape index (κ2) is 8.19. The number of ether oxygens (including phenoxy) is 2. The van der Waals surface area contributed by atoms with E-state index in [4.69, 9.17) is 9.47 Å². The predicted molar refractivity (Wildman–Crippen MR) is 90.8 cm³/mol. The number of rotatable bonds is 6. The lowest BCUT2D eigenvalue weighted by Crippen LogP contribution is -2.53. The quantitative estimate of drug-likeness (QED) is 0.807. The topological polar surface area (TPSA) is 48.7 Å². The zero-order valence-corrected chi connectivity index (χ0v) is 14.6. The van der Waals surface area contributed by atoms with Crippen molar-refractivity contribution >= 4 is 0 Å². The first-order chi connectivity index (χ1) is 11.2. The van der Waals surface area contributed by atoms with Gasteiger partial charge < -0.3 is 9.47 Å². The Morgan fingerprint density at radius 3 is 2.52 bits per heavy atom.